The summed E-state index contributed by atoms with van der Waals surface area (Å²) >= 11 is 0. The van der Waals surface area contributed by atoms with Crippen LogP contribution in [0.2, 0.25) is 0 Å². The summed E-state index contributed by atoms with van der Waals surface area (Å²) in [5, 5.41) is 11.8. The minimum atomic E-state index is 0.0437. The summed E-state index contributed by atoms with van der Waals surface area (Å²) in [6.07, 6.45) is 2.13. The summed E-state index contributed by atoms with van der Waals surface area (Å²) in [5.74, 6) is 0.241. The second-order valence-electron chi connectivity index (χ2n) is 3.53. The molecule has 2 rings (SSSR count). The largest absolute Gasteiger partial charge is 0.396 e. The highest BCUT2D eigenvalue weighted by Gasteiger charge is 2.37. The number of aliphatic hydroxyl groups is 1. The van der Waals surface area contributed by atoms with Crippen LogP contribution in [0.3, 0.4) is 0 Å². The zero-order valence-electron chi connectivity index (χ0n) is 6.99. The summed E-state index contributed by atoms with van der Waals surface area (Å²) in [4.78, 5) is 13.1. The molecule has 0 saturated carbocycles. The number of aliphatic hydroxyl groups excluding tert-OH is 1. The van der Waals surface area contributed by atoms with E-state index >= 15 is 0 Å². The Kier molecular flexibility index (Phi) is 1.92. The number of carbonyl (C=O) groups is 1. The molecule has 0 spiro atoms. The zero-order chi connectivity index (χ0) is 8.55. The predicted molar refractivity (Wildman–Crippen MR) is 43.7 cm³/mol. The third-order valence-corrected chi connectivity index (χ3v) is 2.85. The van der Waals surface area contributed by atoms with Gasteiger partial charge in [-0.2, -0.15) is 0 Å². The molecule has 0 aliphatic carbocycles. The third kappa shape index (κ3) is 1.06. The molecule has 2 fully saturated rings. The lowest BCUT2D eigenvalue weighted by Gasteiger charge is -2.35. The molecule has 2 aliphatic rings. The minimum absolute atomic E-state index is 0.0437. The highest BCUT2D eigenvalue weighted by molar-refractivity contribution is 5.75. The molecule has 4 heteroatoms. The van der Waals surface area contributed by atoms with Crippen molar-refractivity contribution in [1.82, 2.24) is 10.2 Å². The number of carbonyl (C=O) groups excluding carboxylic acids is 1. The Hall–Kier alpha value is -0.770. The van der Waals surface area contributed by atoms with Crippen LogP contribution in [0.5, 0.6) is 0 Å². The Morgan fingerprint density at radius 3 is 3.25 bits per heavy atom. The molecular formula is C8H14N2O2. The van der Waals surface area contributed by atoms with Crippen molar-refractivity contribution >= 4 is 6.03 Å². The van der Waals surface area contributed by atoms with E-state index in [-0.39, 0.29) is 18.6 Å². The number of amides is 2. The first-order valence-electron chi connectivity index (χ1n) is 4.48. The van der Waals surface area contributed by atoms with Gasteiger partial charge in [-0.25, -0.2) is 4.79 Å². The van der Waals surface area contributed by atoms with E-state index in [9.17, 15) is 4.79 Å². The number of urea groups is 1. The summed E-state index contributed by atoms with van der Waals surface area (Å²) < 4.78 is 0. The number of rotatable bonds is 1. The summed E-state index contributed by atoms with van der Waals surface area (Å²) in [6, 6.07) is 0.339. The smallest absolute Gasteiger partial charge is 0.317 e. The van der Waals surface area contributed by atoms with Crippen molar-refractivity contribution in [3.63, 3.8) is 0 Å². The fourth-order valence-corrected chi connectivity index (χ4v) is 2.18. The standard InChI is InChI=1S/C8H14N2O2/c11-5-6-4-9-8(12)10-3-1-2-7(6)10/h6-7,11H,1-5H2,(H,9,12). The van der Waals surface area contributed by atoms with Crippen LogP contribution in [0, 0.1) is 5.92 Å². The summed E-state index contributed by atoms with van der Waals surface area (Å²) in [5.41, 5.74) is 0. The maximum Gasteiger partial charge on any atom is 0.317 e. The Morgan fingerprint density at radius 1 is 1.67 bits per heavy atom. The lowest BCUT2D eigenvalue weighted by atomic mass is 9.97. The molecular weight excluding hydrogens is 156 g/mol. The fourth-order valence-electron chi connectivity index (χ4n) is 2.18. The average Bonchev–Trinajstić information content (AvgIpc) is 2.54. The maximum atomic E-state index is 11.3. The first-order valence-corrected chi connectivity index (χ1v) is 4.48. The van der Waals surface area contributed by atoms with E-state index in [1.54, 1.807) is 0 Å². The second-order valence-corrected chi connectivity index (χ2v) is 3.53. The molecule has 2 heterocycles. The van der Waals surface area contributed by atoms with Gasteiger partial charge in [0.25, 0.3) is 0 Å². The van der Waals surface area contributed by atoms with Gasteiger partial charge in [-0.15, -0.1) is 0 Å². The molecule has 2 atom stereocenters. The van der Waals surface area contributed by atoms with Gasteiger partial charge < -0.3 is 15.3 Å². The Morgan fingerprint density at radius 2 is 2.50 bits per heavy atom. The third-order valence-electron chi connectivity index (χ3n) is 2.85. The van der Waals surface area contributed by atoms with Gasteiger partial charge in [0.15, 0.2) is 0 Å². The summed E-state index contributed by atoms with van der Waals surface area (Å²) in [6.45, 7) is 1.67. The van der Waals surface area contributed by atoms with Gasteiger partial charge in [0.2, 0.25) is 0 Å². The monoisotopic (exact) mass is 170 g/mol. The minimum Gasteiger partial charge on any atom is -0.396 e. The zero-order valence-corrected chi connectivity index (χ0v) is 6.99. The van der Waals surface area contributed by atoms with Crippen molar-refractivity contribution in [2.45, 2.75) is 18.9 Å². The maximum absolute atomic E-state index is 11.3. The quantitative estimate of drug-likeness (QED) is 0.571. The van der Waals surface area contributed by atoms with Gasteiger partial charge in [-0.3, -0.25) is 0 Å². The number of fused-ring (bicyclic) bond motifs is 1. The SMILES string of the molecule is O=C1NCC(CO)C2CCCN12. The molecule has 4 nitrogen and oxygen atoms in total. The van der Waals surface area contributed by atoms with Gasteiger partial charge in [-0.1, -0.05) is 0 Å². The molecule has 2 aliphatic heterocycles. The average molecular weight is 170 g/mol. The molecule has 2 N–H and O–H groups in total. The van der Waals surface area contributed by atoms with E-state index in [1.807, 2.05) is 4.90 Å². The Labute approximate surface area is 71.5 Å². The van der Waals surface area contributed by atoms with Crippen molar-refractivity contribution < 1.29 is 9.90 Å². The topological polar surface area (TPSA) is 52.6 Å². The second kappa shape index (κ2) is 2.94. The van der Waals surface area contributed by atoms with Crippen LogP contribution in [-0.2, 0) is 0 Å². The molecule has 12 heavy (non-hydrogen) atoms. The fraction of sp³-hybridized carbons (Fsp3) is 0.875. The van der Waals surface area contributed by atoms with E-state index < -0.39 is 0 Å². The molecule has 2 saturated heterocycles. The van der Waals surface area contributed by atoms with Gasteiger partial charge >= 0.3 is 6.03 Å². The number of hydrogen-bond donors (Lipinski definition) is 2. The number of nitrogens with zero attached hydrogens (tertiary/aromatic N) is 1. The Balaban J connectivity index is 2.10. The van der Waals surface area contributed by atoms with Crippen LogP contribution in [0.15, 0.2) is 0 Å². The van der Waals surface area contributed by atoms with Crippen molar-refractivity contribution in [3.05, 3.63) is 0 Å². The van der Waals surface area contributed by atoms with Crippen LogP contribution in [0.4, 0.5) is 4.79 Å². The molecule has 68 valence electrons. The van der Waals surface area contributed by atoms with Crippen LogP contribution in [0.1, 0.15) is 12.8 Å². The number of hydrogen-bond acceptors (Lipinski definition) is 2. The van der Waals surface area contributed by atoms with Gasteiger partial charge in [-0.05, 0) is 12.8 Å². The molecule has 0 bridgehead atoms. The molecule has 0 aromatic heterocycles. The van der Waals surface area contributed by atoms with Crippen LogP contribution in [-0.4, -0.2) is 41.8 Å². The highest BCUT2D eigenvalue weighted by atomic mass is 16.3. The highest BCUT2D eigenvalue weighted by Crippen LogP contribution is 2.26. The first-order chi connectivity index (χ1) is 5.83. The molecule has 0 radical (unpaired) electrons. The normalized spacial score (nSPS) is 34.8. The lowest BCUT2D eigenvalue weighted by molar-refractivity contribution is 0.110. The van der Waals surface area contributed by atoms with Crippen LogP contribution >= 0.6 is 0 Å². The number of nitrogens with one attached hydrogen (secondary N) is 1. The van der Waals surface area contributed by atoms with Gasteiger partial charge in [0.1, 0.15) is 0 Å². The van der Waals surface area contributed by atoms with E-state index in [0.29, 0.717) is 12.6 Å². The van der Waals surface area contributed by atoms with Crippen LogP contribution in [0.25, 0.3) is 0 Å². The first kappa shape index (κ1) is 7.86. The van der Waals surface area contributed by atoms with E-state index in [2.05, 4.69) is 5.32 Å². The lowest BCUT2D eigenvalue weighted by Crippen LogP contribution is -2.55. The van der Waals surface area contributed by atoms with E-state index in [4.69, 9.17) is 5.11 Å². The Bertz CT molecular complexity index is 195. The van der Waals surface area contributed by atoms with Crippen molar-refractivity contribution in [3.8, 4) is 0 Å². The van der Waals surface area contributed by atoms with Gasteiger partial charge in [0, 0.05) is 31.7 Å². The van der Waals surface area contributed by atoms with E-state index in [1.165, 1.54) is 0 Å². The molecule has 0 aromatic rings. The van der Waals surface area contributed by atoms with Crippen molar-refractivity contribution in [1.29, 1.82) is 0 Å². The van der Waals surface area contributed by atoms with E-state index in [0.717, 1.165) is 19.4 Å². The van der Waals surface area contributed by atoms with Crippen LogP contribution < -0.4 is 5.32 Å². The molecule has 2 amide bonds. The van der Waals surface area contributed by atoms with Gasteiger partial charge in [0.05, 0.1) is 0 Å². The summed E-state index contributed by atoms with van der Waals surface area (Å²) in [7, 11) is 0. The molecule has 0 aromatic carbocycles. The molecule has 2 unspecified atom stereocenters. The van der Waals surface area contributed by atoms with Crippen molar-refractivity contribution in [2.24, 2.45) is 5.92 Å². The predicted octanol–water partition coefficient (Wildman–Crippen LogP) is -0.218. The van der Waals surface area contributed by atoms with Crippen molar-refractivity contribution in [2.75, 3.05) is 19.7 Å².